The number of carbonyl (C=O) groups excluding carboxylic acids is 4. The quantitative estimate of drug-likeness (QED) is 0.0405. The Morgan fingerprint density at radius 3 is 0.844 bits per heavy atom. The minimum Gasteiger partial charge on any atom is -0.305 e. The molecule has 0 aromatic heterocycles. The first kappa shape index (κ1) is 47.9. The lowest BCUT2D eigenvalue weighted by Crippen LogP contribution is -2.24. The maximum atomic E-state index is 14.9. The number of Topliss-reactive ketones (excluding diaryl/α,β-unsaturated/α-hetero) is 2. The molecule has 0 saturated heterocycles. The fourth-order valence-electron chi connectivity index (χ4n) is 9.40. The van der Waals surface area contributed by atoms with Crippen molar-refractivity contribution in [3.05, 3.63) is 189 Å². The van der Waals surface area contributed by atoms with E-state index in [2.05, 4.69) is 0 Å². The Balaban J connectivity index is 1.01. The summed E-state index contributed by atoms with van der Waals surface area (Å²) in [5.74, 6) is -0.000167. The molecular weight excluding hydrogens is 831 g/mol. The van der Waals surface area contributed by atoms with Crippen LogP contribution in [0.1, 0.15) is 139 Å². The molecule has 6 rings (SSSR count). The monoisotopic (exact) mass is 890 g/mol. The Hall–Kier alpha value is -5.54. The lowest BCUT2D eigenvalue weighted by Gasteiger charge is -2.22. The molecule has 0 spiro atoms. The summed E-state index contributed by atoms with van der Waals surface area (Å²) in [5, 5.41) is 1.89. The summed E-state index contributed by atoms with van der Waals surface area (Å²) < 4.78 is 29.9. The van der Waals surface area contributed by atoms with E-state index in [1.807, 2.05) is 77.9 Å². The average molecular weight is 891 g/mol. The van der Waals surface area contributed by atoms with Crippen molar-refractivity contribution in [1.82, 2.24) is 0 Å². The van der Waals surface area contributed by atoms with Gasteiger partial charge in [0, 0.05) is 56.3 Å². The van der Waals surface area contributed by atoms with E-state index < -0.39 is 25.3 Å². The Labute approximate surface area is 379 Å². The summed E-state index contributed by atoms with van der Waals surface area (Å²) in [7, 11) is -7.48. The van der Waals surface area contributed by atoms with Crippen molar-refractivity contribution in [1.29, 1.82) is 0 Å². The van der Waals surface area contributed by atoms with E-state index in [1.54, 1.807) is 97.1 Å². The van der Waals surface area contributed by atoms with Gasteiger partial charge in [-0.3, -0.25) is 19.2 Å². The molecular formula is C56H60O6P2. The standard InChI is InChI=1S/C56H60O6P2/c1-39-37-41(3)53(55(59)63(61,45-27-17-13-18-28-45)46-29-19-14-20-30-46)43(5)51(39)49(57)35-25-11-9-7-8-10-12-26-36-50(58)52-40(2)38-42(4)54(44(52)6)56(60)64(62,47-31-21-15-22-32-47)48-33-23-16-24-34-48/h13-24,27-34,37-38H,7-12,25-26,35-36H2,1-6H3. The third kappa shape index (κ3) is 10.0. The summed E-state index contributed by atoms with van der Waals surface area (Å²) in [5.41, 5.74) is 5.19. The predicted octanol–water partition coefficient (Wildman–Crippen LogP) is 12.8. The summed E-state index contributed by atoms with van der Waals surface area (Å²) in [6, 6.07) is 39.4. The second-order valence-electron chi connectivity index (χ2n) is 17.1. The van der Waals surface area contributed by atoms with E-state index in [9.17, 15) is 28.3 Å². The van der Waals surface area contributed by atoms with E-state index >= 15 is 0 Å². The second-order valence-corrected chi connectivity index (χ2v) is 22.4. The second kappa shape index (κ2) is 21.4. The molecule has 6 aromatic rings. The highest BCUT2D eigenvalue weighted by Gasteiger charge is 2.40. The molecule has 0 bridgehead atoms. The molecule has 0 radical (unpaired) electrons. The summed E-state index contributed by atoms with van der Waals surface area (Å²) in [6.45, 7) is 11.1. The third-order valence-electron chi connectivity index (χ3n) is 12.5. The molecule has 8 heteroatoms. The molecule has 330 valence electrons. The molecule has 0 N–H and O–H groups in total. The SMILES string of the molecule is Cc1cc(C)c(C(=O)P(=O)(c2ccccc2)c2ccccc2)c(C)c1C(=O)CCCCCCCCCCC(=O)c1c(C)cc(C)c(C(=O)P(=O)(c2ccccc2)c2ccccc2)c1C. The van der Waals surface area contributed by atoms with Crippen LogP contribution in [-0.2, 0) is 9.13 Å². The van der Waals surface area contributed by atoms with Gasteiger partial charge >= 0.3 is 0 Å². The van der Waals surface area contributed by atoms with Crippen LogP contribution in [0.5, 0.6) is 0 Å². The van der Waals surface area contributed by atoms with Crippen LogP contribution < -0.4 is 21.2 Å². The van der Waals surface area contributed by atoms with Crippen LogP contribution in [0.25, 0.3) is 0 Å². The van der Waals surface area contributed by atoms with Gasteiger partial charge in [0.25, 0.3) is 0 Å². The van der Waals surface area contributed by atoms with Crippen molar-refractivity contribution >= 4 is 58.1 Å². The molecule has 0 aliphatic carbocycles. The van der Waals surface area contributed by atoms with Gasteiger partial charge in [-0.2, -0.15) is 0 Å². The summed E-state index contributed by atoms with van der Waals surface area (Å²) >= 11 is 0. The highest BCUT2D eigenvalue weighted by atomic mass is 31.2. The molecule has 0 atom stereocenters. The lowest BCUT2D eigenvalue weighted by molar-refractivity contribution is 0.0968. The maximum absolute atomic E-state index is 14.9. The average Bonchev–Trinajstić information content (AvgIpc) is 3.29. The molecule has 0 amide bonds. The minimum absolute atomic E-state index is 0.0000836. The Morgan fingerprint density at radius 1 is 0.344 bits per heavy atom. The van der Waals surface area contributed by atoms with Gasteiger partial charge in [0.2, 0.25) is 25.3 Å². The number of hydrogen-bond donors (Lipinski definition) is 0. The summed E-state index contributed by atoms with van der Waals surface area (Å²) in [6.07, 6.45) is 8.08. The van der Waals surface area contributed by atoms with Gasteiger partial charge < -0.3 is 9.13 Å². The zero-order valence-electron chi connectivity index (χ0n) is 38.1. The van der Waals surface area contributed by atoms with Crippen LogP contribution >= 0.6 is 14.3 Å². The fourth-order valence-corrected chi connectivity index (χ4v) is 14.6. The number of benzene rings is 6. The van der Waals surface area contributed by atoms with Crippen molar-refractivity contribution in [3.63, 3.8) is 0 Å². The Kier molecular flexibility index (Phi) is 16.0. The van der Waals surface area contributed by atoms with E-state index in [1.165, 1.54) is 0 Å². The first-order valence-electron chi connectivity index (χ1n) is 22.5. The smallest absolute Gasteiger partial charge is 0.230 e. The highest BCUT2D eigenvalue weighted by Crippen LogP contribution is 2.50. The topological polar surface area (TPSA) is 102 Å². The van der Waals surface area contributed by atoms with Crippen LogP contribution in [0.3, 0.4) is 0 Å². The summed E-state index contributed by atoms with van der Waals surface area (Å²) in [4.78, 5) is 56.5. The van der Waals surface area contributed by atoms with Crippen LogP contribution in [0.4, 0.5) is 0 Å². The first-order valence-corrected chi connectivity index (χ1v) is 25.9. The Bertz CT molecular complexity index is 2460. The first-order chi connectivity index (χ1) is 30.7. The molecule has 64 heavy (non-hydrogen) atoms. The van der Waals surface area contributed by atoms with Crippen molar-refractivity contribution in [2.75, 3.05) is 0 Å². The highest BCUT2D eigenvalue weighted by molar-refractivity contribution is 7.94. The third-order valence-corrected chi connectivity index (χ3v) is 18.2. The minimum atomic E-state index is -3.74. The molecule has 0 aliphatic heterocycles. The van der Waals surface area contributed by atoms with Gasteiger partial charge in [-0.05, 0) is 87.8 Å². The number of carbonyl (C=O) groups is 4. The molecule has 0 aliphatic rings. The number of unbranched alkanes of at least 4 members (excludes halogenated alkanes) is 7. The largest absolute Gasteiger partial charge is 0.305 e. The Morgan fingerprint density at radius 2 is 0.578 bits per heavy atom. The van der Waals surface area contributed by atoms with Crippen LogP contribution in [0.2, 0.25) is 0 Å². The molecule has 0 saturated carbocycles. The van der Waals surface area contributed by atoms with Crippen LogP contribution in [-0.4, -0.2) is 22.6 Å². The van der Waals surface area contributed by atoms with E-state index in [4.69, 9.17) is 0 Å². The maximum Gasteiger partial charge on any atom is 0.230 e. The zero-order chi connectivity index (χ0) is 46.0. The van der Waals surface area contributed by atoms with E-state index in [0.29, 0.717) is 78.6 Å². The van der Waals surface area contributed by atoms with Crippen LogP contribution in [0.15, 0.2) is 133 Å². The van der Waals surface area contributed by atoms with Gasteiger partial charge in [0.05, 0.1) is 0 Å². The number of rotatable bonds is 21. The normalized spacial score (nSPS) is 11.7. The van der Waals surface area contributed by atoms with Crippen molar-refractivity contribution in [2.24, 2.45) is 0 Å². The molecule has 0 heterocycles. The lowest BCUT2D eigenvalue weighted by atomic mass is 9.90. The molecule has 6 nitrogen and oxygen atoms in total. The van der Waals surface area contributed by atoms with Crippen molar-refractivity contribution < 1.29 is 28.3 Å². The van der Waals surface area contributed by atoms with Gasteiger partial charge in [-0.25, -0.2) is 0 Å². The molecule has 6 aromatic carbocycles. The van der Waals surface area contributed by atoms with Crippen LogP contribution in [0, 0.1) is 41.5 Å². The van der Waals surface area contributed by atoms with Gasteiger partial charge in [-0.15, -0.1) is 0 Å². The number of ketones is 2. The number of aryl methyl sites for hydroxylation is 4. The van der Waals surface area contributed by atoms with E-state index in [-0.39, 0.29) is 11.6 Å². The van der Waals surface area contributed by atoms with Gasteiger partial charge in [-0.1, -0.05) is 172 Å². The van der Waals surface area contributed by atoms with Gasteiger partial charge in [0.15, 0.2) is 11.6 Å². The van der Waals surface area contributed by atoms with Gasteiger partial charge in [0.1, 0.15) is 0 Å². The zero-order valence-corrected chi connectivity index (χ0v) is 39.9. The predicted molar refractivity (Wildman–Crippen MR) is 264 cm³/mol. The molecule has 0 fully saturated rings. The van der Waals surface area contributed by atoms with Crippen molar-refractivity contribution in [2.45, 2.75) is 106 Å². The van der Waals surface area contributed by atoms with E-state index in [0.717, 1.165) is 62.5 Å². The fraction of sp³-hybridized carbons (Fsp3) is 0.286. The van der Waals surface area contributed by atoms with Crippen molar-refractivity contribution in [3.8, 4) is 0 Å². The molecule has 0 unspecified atom stereocenters. The number of hydrogen-bond acceptors (Lipinski definition) is 6.